The number of benzene rings is 1. The van der Waals surface area contributed by atoms with Gasteiger partial charge in [0.1, 0.15) is 7.05 Å². The summed E-state index contributed by atoms with van der Waals surface area (Å²) in [4.78, 5) is 4.35. The number of hydrogen-bond acceptors (Lipinski definition) is 3. The van der Waals surface area contributed by atoms with Gasteiger partial charge in [-0.2, -0.15) is 4.99 Å². The summed E-state index contributed by atoms with van der Waals surface area (Å²) in [6.45, 7) is 1.76. The molecule has 0 fully saturated rings. The number of aliphatic imine (C=N–C) groups is 1. The van der Waals surface area contributed by atoms with Crippen molar-refractivity contribution in [2.24, 2.45) is 10.1 Å². The molecule has 16 heavy (non-hydrogen) atoms. The van der Waals surface area contributed by atoms with Crippen LogP contribution in [-0.2, 0) is 0 Å². The predicted octanol–water partition coefficient (Wildman–Crippen LogP) is 1.83. The quantitative estimate of drug-likeness (QED) is 0.785. The Morgan fingerprint density at radius 1 is 1.31 bits per heavy atom. The molecule has 1 aromatic rings. The van der Waals surface area contributed by atoms with E-state index in [-0.39, 0.29) is 11.3 Å². The van der Waals surface area contributed by atoms with Crippen LogP contribution in [0.15, 0.2) is 34.4 Å². The molecule has 1 aliphatic heterocycles. The number of rotatable bonds is 2. The van der Waals surface area contributed by atoms with E-state index < -0.39 is 0 Å². The third-order valence-corrected chi connectivity index (χ3v) is 2.91. The van der Waals surface area contributed by atoms with E-state index in [1.54, 1.807) is 12.1 Å². The maximum Gasteiger partial charge on any atom is 0.230 e. The normalized spacial score (nSPS) is 24.2. The Morgan fingerprint density at radius 3 is 2.44 bits per heavy atom. The summed E-state index contributed by atoms with van der Waals surface area (Å²) >= 11 is 5.81. The van der Waals surface area contributed by atoms with E-state index in [1.807, 2.05) is 26.1 Å². The average molecular weight is 239 g/mol. The van der Waals surface area contributed by atoms with E-state index in [0.29, 0.717) is 10.9 Å². The van der Waals surface area contributed by atoms with Crippen LogP contribution in [-0.4, -0.2) is 35.1 Å². The summed E-state index contributed by atoms with van der Waals surface area (Å²) in [7, 11) is 1.81. The van der Waals surface area contributed by atoms with Crippen molar-refractivity contribution in [3.63, 3.8) is 0 Å². The molecule has 84 valence electrons. The zero-order chi connectivity index (χ0) is 11.8. The van der Waals surface area contributed by atoms with Crippen LogP contribution in [0.25, 0.3) is 0 Å². The van der Waals surface area contributed by atoms with Crippen LogP contribution in [0.3, 0.4) is 0 Å². The fraction of sp³-hybridized carbons (Fsp3) is 0.273. The molecule has 0 aromatic heterocycles. The van der Waals surface area contributed by atoms with Gasteiger partial charge >= 0.3 is 0 Å². The number of amidine groups is 2. The number of nitrogens with zero attached hydrogens (tertiary/aromatic N) is 3. The molecule has 1 N–H and O–H groups in total. The van der Waals surface area contributed by atoms with E-state index >= 15 is 0 Å². The summed E-state index contributed by atoms with van der Waals surface area (Å²) in [5, 5.41) is 14.3. The van der Waals surface area contributed by atoms with Crippen molar-refractivity contribution in [2.75, 3.05) is 13.8 Å². The number of halogens is 1. The van der Waals surface area contributed by atoms with Gasteiger partial charge < -0.3 is 5.11 Å². The van der Waals surface area contributed by atoms with Crippen LogP contribution in [0.1, 0.15) is 12.5 Å². The van der Waals surface area contributed by atoms with Crippen molar-refractivity contribution in [2.45, 2.75) is 6.92 Å². The largest absolute Gasteiger partial charge is 0.345 e. The third-order valence-electron chi connectivity index (χ3n) is 2.66. The van der Waals surface area contributed by atoms with Crippen molar-refractivity contribution in [3.8, 4) is 0 Å². The Balaban J connectivity index is 2.38. The van der Waals surface area contributed by atoms with Gasteiger partial charge in [-0.3, -0.25) is 0 Å². The highest BCUT2D eigenvalue weighted by Gasteiger charge is 2.32. The SMILES string of the molecule is CC1=NC(c2ccc(Cl)cc2)=N[N+]1(C)CO. The predicted molar refractivity (Wildman–Crippen MR) is 64.4 cm³/mol. The molecule has 1 aliphatic rings. The first-order valence-corrected chi connectivity index (χ1v) is 5.31. The molecule has 1 heterocycles. The third kappa shape index (κ3) is 1.87. The first kappa shape index (κ1) is 11.3. The van der Waals surface area contributed by atoms with Crippen LogP contribution in [0.5, 0.6) is 0 Å². The van der Waals surface area contributed by atoms with Gasteiger partial charge in [0.05, 0.1) is 0 Å². The summed E-state index contributed by atoms with van der Waals surface area (Å²) in [6, 6.07) is 7.33. The highest BCUT2D eigenvalue weighted by atomic mass is 35.5. The van der Waals surface area contributed by atoms with Gasteiger partial charge in [0.15, 0.2) is 0 Å². The van der Waals surface area contributed by atoms with Gasteiger partial charge in [0.25, 0.3) is 0 Å². The second kappa shape index (κ2) is 3.97. The lowest BCUT2D eigenvalue weighted by Crippen LogP contribution is -2.41. The number of aliphatic hydroxyl groups excluding tert-OH is 1. The minimum Gasteiger partial charge on any atom is -0.345 e. The van der Waals surface area contributed by atoms with E-state index in [4.69, 9.17) is 11.6 Å². The van der Waals surface area contributed by atoms with Crippen molar-refractivity contribution in [3.05, 3.63) is 34.9 Å². The Hall–Kier alpha value is -1.23. The molecule has 1 unspecified atom stereocenters. The van der Waals surface area contributed by atoms with Gasteiger partial charge in [0, 0.05) is 17.5 Å². The van der Waals surface area contributed by atoms with Crippen LogP contribution in [0.2, 0.25) is 5.02 Å². The van der Waals surface area contributed by atoms with E-state index in [1.165, 1.54) is 0 Å². The molecule has 1 aromatic carbocycles. The maximum absolute atomic E-state index is 9.27. The number of aliphatic hydroxyl groups is 1. The van der Waals surface area contributed by atoms with Gasteiger partial charge in [-0.05, 0) is 24.3 Å². The van der Waals surface area contributed by atoms with Crippen LogP contribution in [0, 0.1) is 0 Å². The Labute approximate surface area is 99.1 Å². The molecule has 0 aliphatic carbocycles. The molecule has 5 heteroatoms. The smallest absolute Gasteiger partial charge is 0.230 e. The topological polar surface area (TPSA) is 45.0 Å². The lowest BCUT2D eigenvalue weighted by molar-refractivity contribution is -0.846. The monoisotopic (exact) mass is 238 g/mol. The highest BCUT2D eigenvalue weighted by molar-refractivity contribution is 6.30. The second-order valence-corrected chi connectivity index (χ2v) is 4.31. The minimum atomic E-state index is -0.0909. The standard InChI is InChI=1S/C11H13ClN3O/c1-8-13-11(14-15(8,2)7-16)9-3-5-10(12)6-4-9/h3-6,16H,7H2,1-2H3/q+1. The minimum absolute atomic E-state index is 0.0909. The van der Waals surface area contributed by atoms with Crippen molar-refractivity contribution >= 4 is 23.3 Å². The first-order chi connectivity index (χ1) is 7.55. The molecule has 4 nitrogen and oxygen atoms in total. The molecular weight excluding hydrogens is 226 g/mol. The van der Waals surface area contributed by atoms with Crippen LogP contribution in [0.4, 0.5) is 0 Å². The Kier molecular flexibility index (Phi) is 2.80. The molecule has 0 radical (unpaired) electrons. The van der Waals surface area contributed by atoms with Crippen molar-refractivity contribution < 1.29 is 9.70 Å². The molecule has 0 bridgehead atoms. The Morgan fingerprint density at radius 2 is 1.94 bits per heavy atom. The highest BCUT2D eigenvalue weighted by Crippen LogP contribution is 2.18. The number of quaternary nitrogens is 1. The van der Waals surface area contributed by atoms with Crippen molar-refractivity contribution in [1.29, 1.82) is 0 Å². The zero-order valence-electron chi connectivity index (χ0n) is 9.18. The molecule has 0 spiro atoms. The van der Waals surface area contributed by atoms with E-state index in [9.17, 15) is 5.11 Å². The number of hydrogen-bond donors (Lipinski definition) is 1. The summed E-state index contributed by atoms with van der Waals surface area (Å²) in [5.41, 5.74) is 0.902. The molecular formula is C11H13ClN3O+. The molecule has 1 atom stereocenters. The van der Waals surface area contributed by atoms with Gasteiger partial charge in [0.2, 0.25) is 18.4 Å². The molecule has 0 saturated carbocycles. The maximum atomic E-state index is 9.27. The van der Waals surface area contributed by atoms with Crippen molar-refractivity contribution in [1.82, 2.24) is 0 Å². The lowest BCUT2D eigenvalue weighted by atomic mass is 10.2. The van der Waals surface area contributed by atoms with Crippen LogP contribution < -0.4 is 0 Å². The molecule has 2 rings (SSSR count). The zero-order valence-corrected chi connectivity index (χ0v) is 9.94. The lowest BCUT2D eigenvalue weighted by Gasteiger charge is -2.18. The molecule has 0 amide bonds. The second-order valence-electron chi connectivity index (χ2n) is 3.87. The van der Waals surface area contributed by atoms with Crippen LogP contribution >= 0.6 is 11.6 Å². The van der Waals surface area contributed by atoms with Gasteiger partial charge in [-0.1, -0.05) is 16.7 Å². The average Bonchev–Trinajstić information content (AvgIpc) is 2.57. The van der Waals surface area contributed by atoms with Gasteiger partial charge in [-0.25, -0.2) is 0 Å². The first-order valence-electron chi connectivity index (χ1n) is 4.93. The Bertz CT molecular complexity index is 467. The fourth-order valence-electron chi connectivity index (χ4n) is 1.42. The van der Waals surface area contributed by atoms with E-state index in [2.05, 4.69) is 10.1 Å². The van der Waals surface area contributed by atoms with E-state index in [0.717, 1.165) is 11.4 Å². The summed E-state index contributed by atoms with van der Waals surface area (Å²) in [6.07, 6.45) is 0. The molecule has 0 saturated heterocycles. The fourth-order valence-corrected chi connectivity index (χ4v) is 1.55. The van der Waals surface area contributed by atoms with Gasteiger partial charge in [-0.15, -0.1) is 4.59 Å². The summed E-state index contributed by atoms with van der Waals surface area (Å²) in [5.74, 6) is 1.40. The summed E-state index contributed by atoms with van der Waals surface area (Å²) < 4.78 is 0.0952.